The summed E-state index contributed by atoms with van der Waals surface area (Å²) < 4.78 is 41.3. The first kappa shape index (κ1) is 20.4. The van der Waals surface area contributed by atoms with E-state index in [1.54, 1.807) is 29.2 Å². The number of fused-ring (bicyclic) bond motifs is 1. The van der Waals surface area contributed by atoms with Gasteiger partial charge in [-0.3, -0.25) is 19.0 Å². The van der Waals surface area contributed by atoms with Gasteiger partial charge >= 0.3 is 17.3 Å². The van der Waals surface area contributed by atoms with E-state index in [4.69, 9.17) is 0 Å². The Balaban J connectivity index is 1.64. The quantitative estimate of drug-likeness (QED) is 0.640. The number of carbonyl (C=O) groups is 1. The summed E-state index contributed by atoms with van der Waals surface area (Å²) >= 11 is 0. The summed E-state index contributed by atoms with van der Waals surface area (Å²) in [5, 5.41) is 6.28. The average molecular weight is 431 g/mol. The van der Waals surface area contributed by atoms with Gasteiger partial charge < -0.3 is 10.2 Å². The monoisotopic (exact) mass is 431 g/mol. The van der Waals surface area contributed by atoms with Gasteiger partial charge in [0, 0.05) is 18.8 Å². The Morgan fingerprint density at radius 2 is 1.65 bits per heavy atom. The lowest BCUT2D eigenvalue weighted by Crippen LogP contribution is -2.44. The molecule has 3 aromatic rings. The Morgan fingerprint density at radius 3 is 2.35 bits per heavy atom. The maximum absolute atomic E-state index is 13.1. The number of nitrogens with zero attached hydrogens (tertiary/aromatic N) is 4. The van der Waals surface area contributed by atoms with Gasteiger partial charge in [-0.2, -0.15) is 13.2 Å². The third-order valence-electron chi connectivity index (χ3n) is 4.77. The normalized spacial score (nSPS) is 13.2. The molecule has 1 aromatic heterocycles. The lowest BCUT2D eigenvalue weighted by molar-refractivity contribution is -0.137. The number of halogens is 3. The Kier molecular flexibility index (Phi) is 5.09. The number of hydrogen-bond acceptors (Lipinski definition) is 5. The van der Waals surface area contributed by atoms with Gasteiger partial charge in [-0.1, -0.05) is 30.3 Å². The van der Waals surface area contributed by atoms with E-state index in [0.717, 1.165) is 17.8 Å². The minimum Gasteiger partial charge on any atom is -0.324 e. The van der Waals surface area contributed by atoms with Crippen LogP contribution in [0, 0.1) is 0 Å². The molecular weight excluding hydrogens is 415 g/mol. The van der Waals surface area contributed by atoms with E-state index in [1.165, 1.54) is 16.7 Å². The largest absolute Gasteiger partial charge is 0.418 e. The predicted molar refractivity (Wildman–Crippen MR) is 106 cm³/mol. The molecule has 0 saturated heterocycles. The van der Waals surface area contributed by atoms with Gasteiger partial charge in [-0.05, 0) is 24.3 Å². The van der Waals surface area contributed by atoms with Crippen LogP contribution in [-0.4, -0.2) is 26.8 Å². The number of para-hydroxylation sites is 2. The number of nitrogens with one attached hydrogen (secondary N) is 1. The number of aromatic nitrogens is 3. The van der Waals surface area contributed by atoms with E-state index < -0.39 is 41.0 Å². The highest BCUT2D eigenvalue weighted by atomic mass is 19.4. The van der Waals surface area contributed by atoms with Crippen LogP contribution in [0.4, 0.5) is 30.5 Å². The zero-order chi connectivity index (χ0) is 22.2. The van der Waals surface area contributed by atoms with Crippen molar-refractivity contribution in [3.63, 3.8) is 0 Å². The Bertz CT molecular complexity index is 1250. The van der Waals surface area contributed by atoms with E-state index in [-0.39, 0.29) is 12.5 Å². The minimum absolute atomic E-state index is 0.180. The Labute approximate surface area is 173 Å². The number of benzene rings is 2. The van der Waals surface area contributed by atoms with E-state index in [0.29, 0.717) is 11.2 Å². The highest BCUT2D eigenvalue weighted by Crippen LogP contribution is 2.34. The number of alkyl halides is 3. The van der Waals surface area contributed by atoms with Gasteiger partial charge in [0.2, 0.25) is 11.9 Å². The Hall–Kier alpha value is -3.89. The van der Waals surface area contributed by atoms with Crippen molar-refractivity contribution in [1.82, 2.24) is 14.3 Å². The summed E-state index contributed by atoms with van der Waals surface area (Å²) in [5.74, 6) is -0.737. The fourth-order valence-electron chi connectivity index (χ4n) is 3.35. The smallest absolute Gasteiger partial charge is 0.324 e. The van der Waals surface area contributed by atoms with Crippen LogP contribution in [0.2, 0.25) is 0 Å². The maximum atomic E-state index is 13.1. The second-order valence-corrected chi connectivity index (χ2v) is 6.80. The van der Waals surface area contributed by atoms with Crippen molar-refractivity contribution in [3.8, 4) is 0 Å². The fraction of sp³-hybridized carbons (Fsp3) is 0.200. The van der Waals surface area contributed by atoms with Crippen LogP contribution in [0.5, 0.6) is 0 Å². The van der Waals surface area contributed by atoms with Crippen LogP contribution in [-0.2, 0) is 24.1 Å². The summed E-state index contributed by atoms with van der Waals surface area (Å²) in [7, 11) is 0. The van der Waals surface area contributed by atoms with E-state index in [2.05, 4.69) is 10.4 Å². The summed E-state index contributed by atoms with van der Waals surface area (Å²) in [4.78, 5) is 38.9. The zero-order valence-electron chi connectivity index (χ0n) is 16.0. The molecule has 4 rings (SSSR count). The SMILES string of the molecule is O=C(Cn1nc2n(c(=O)c1=O)CCN2c1ccccc1)Nc1ccccc1C(F)(F)F. The summed E-state index contributed by atoms with van der Waals surface area (Å²) in [5.41, 5.74) is -2.61. The molecule has 0 unspecified atom stereocenters. The van der Waals surface area contributed by atoms with Gasteiger partial charge in [-0.25, -0.2) is 4.68 Å². The number of amides is 1. The van der Waals surface area contributed by atoms with E-state index >= 15 is 0 Å². The molecule has 0 atom stereocenters. The molecule has 0 saturated carbocycles. The van der Waals surface area contributed by atoms with Crippen molar-refractivity contribution in [3.05, 3.63) is 80.9 Å². The van der Waals surface area contributed by atoms with Gasteiger partial charge in [0.25, 0.3) is 0 Å². The molecule has 1 amide bonds. The van der Waals surface area contributed by atoms with Crippen molar-refractivity contribution in [1.29, 1.82) is 0 Å². The van der Waals surface area contributed by atoms with E-state index in [1.807, 2.05) is 6.07 Å². The van der Waals surface area contributed by atoms with Crippen LogP contribution in [0.1, 0.15) is 5.56 Å². The number of rotatable bonds is 4. The molecule has 1 aliphatic rings. The standard InChI is InChI=1S/C20H16F3N5O3/c21-20(22,23)14-8-4-5-9-15(14)24-16(29)12-28-18(31)17(30)27-11-10-26(19(27)25-28)13-6-2-1-3-7-13/h1-9H,10-12H2,(H,24,29). The first-order valence-electron chi connectivity index (χ1n) is 9.26. The molecule has 0 bridgehead atoms. The molecule has 2 heterocycles. The summed E-state index contributed by atoms with van der Waals surface area (Å²) in [6.07, 6.45) is -4.67. The predicted octanol–water partition coefficient (Wildman–Crippen LogP) is 2.21. The summed E-state index contributed by atoms with van der Waals surface area (Å²) in [6.45, 7) is -0.0606. The van der Waals surface area contributed by atoms with Crippen LogP contribution < -0.4 is 21.3 Å². The van der Waals surface area contributed by atoms with Gasteiger partial charge in [0.15, 0.2) is 0 Å². The fourth-order valence-corrected chi connectivity index (χ4v) is 3.35. The average Bonchev–Trinajstić information content (AvgIpc) is 3.16. The van der Waals surface area contributed by atoms with Crippen LogP contribution in [0.15, 0.2) is 64.2 Å². The molecule has 1 N–H and O–H groups in total. The molecule has 8 nitrogen and oxygen atoms in total. The van der Waals surface area contributed by atoms with Gasteiger partial charge in [0.1, 0.15) is 6.54 Å². The molecule has 0 radical (unpaired) electrons. The Morgan fingerprint density at radius 1 is 0.968 bits per heavy atom. The van der Waals surface area contributed by atoms with Crippen LogP contribution in [0.3, 0.4) is 0 Å². The summed E-state index contributed by atoms with van der Waals surface area (Å²) in [6, 6.07) is 13.5. The van der Waals surface area contributed by atoms with Crippen molar-refractivity contribution < 1.29 is 18.0 Å². The number of hydrogen-bond donors (Lipinski definition) is 1. The first-order valence-corrected chi connectivity index (χ1v) is 9.26. The third kappa shape index (κ3) is 3.93. The number of anilines is 3. The molecule has 11 heteroatoms. The van der Waals surface area contributed by atoms with Crippen LogP contribution in [0.25, 0.3) is 0 Å². The topological polar surface area (TPSA) is 89.2 Å². The third-order valence-corrected chi connectivity index (χ3v) is 4.77. The van der Waals surface area contributed by atoms with Crippen molar-refractivity contribution in [2.75, 3.05) is 16.8 Å². The maximum Gasteiger partial charge on any atom is 0.418 e. The van der Waals surface area contributed by atoms with Gasteiger partial charge in [0.05, 0.1) is 11.3 Å². The van der Waals surface area contributed by atoms with Crippen molar-refractivity contribution >= 4 is 23.2 Å². The lowest BCUT2D eigenvalue weighted by atomic mass is 10.1. The second-order valence-electron chi connectivity index (χ2n) is 6.80. The minimum atomic E-state index is -4.67. The molecule has 2 aromatic carbocycles. The zero-order valence-corrected chi connectivity index (χ0v) is 16.0. The molecule has 0 spiro atoms. The highest BCUT2D eigenvalue weighted by Gasteiger charge is 2.33. The molecule has 1 aliphatic heterocycles. The highest BCUT2D eigenvalue weighted by molar-refractivity contribution is 5.91. The lowest BCUT2D eigenvalue weighted by Gasteiger charge is -2.18. The molecule has 0 aliphatic carbocycles. The molecule has 160 valence electrons. The molecular formula is C20H16F3N5O3. The van der Waals surface area contributed by atoms with E-state index in [9.17, 15) is 27.6 Å². The van der Waals surface area contributed by atoms with Crippen molar-refractivity contribution in [2.45, 2.75) is 19.3 Å². The van der Waals surface area contributed by atoms with Gasteiger partial charge in [-0.15, -0.1) is 5.10 Å². The molecule has 0 fully saturated rings. The second kappa shape index (κ2) is 7.74. The van der Waals surface area contributed by atoms with Crippen LogP contribution >= 0.6 is 0 Å². The van der Waals surface area contributed by atoms with Crippen molar-refractivity contribution in [2.24, 2.45) is 0 Å². The first-order chi connectivity index (χ1) is 14.8. The number of carbonyl (C=O) groups excluding carboxylic acids is 1. The molecule has 31 heavy (non-hydrogen) atoms.